The number of thiocarbonyl (C=S) groups is 1. The molecule has 0 amide bonds. The number of hydrogen-bond acceptors (Lipinski definition) is 11. The number of hydrogen-bond donors (Lipinski definition) is 5. The van der Waals surface area contributed by atoms with Crippen molar-refractivity contribution in [2.75, 3.05) is 11.2 Å². The number of nitrogen functional groups attached to an aromatic ring is 2. The van der Waals surface area contributed by atoms with Gasteiger partial charge >= 0.3 is 0 Å². The van der Waals surface area contributed by atoms with E-state index in [9.17, 15) is 4.79 Å². The van der Waals surface area contributed by atoms with Gasteiger partial charge in [0.1, 0.15) is 5.78 Å². The second-order valence-electron chi connectivity index (χ2n) is 7.54. The predicted octanol–water partition coefficient (Wildman–Crippen LogP) is 5.90. The van der Waals surface area contributed by atoms with Crippen LogP contribution in [0.15, 0.2) is 0 Å². The Morgan fingerprint density at radius 3 is 1.27 bits per heavy atom. The van der Waals surface area contributed by atoms with E-state index in [1.807, 2.05) is 69.2 Å². The molecule has 9 nitrogen and oxygen atoms in total. The fraction of sp³-hybridized carbons (Fsp3) is 0.542. The van der Waals surface area contributed by atoms with E-state index >= 15 is 0 Å². The lowest BCUT2D eigenvalue weighted by Gasteiger charge is -1.90. The molecule has 0 aliphatic rings. The number of nitrogens with two attached hydrogens (primary N) is 4. The maximum absolute atomic E-state index is 10.1. The number of thiazole rings is 3. The Morgan fingerprint density at radius 2 is 1.16 bits per heavy atom. The monoisotopic (exact) mass is 590 g/mol. The van der Waals surface area contributed by atoms with Crippen LogP contribution in [0.2, 0.25) is 0 Å². The summed E-state index contributed by atoms with van der Waals surface area (Å²) < 4.78 is 0. The maximum Gasteiger partial charge on any atom is 0.197 e. The molecule has 212 valence electrons. The molecule has 3 aromatic heterocycles. The van der Waals surface area contributed by atoms with Crippen molar-refractivity contribution in [1.29, 1.82) is 0 Å². The highest BCUT2D eigenvalue weighted by Crippen LogP contribution is 2.19. The Balaban J connectivity index is -0.000000392. The van der Waals surface area contributed by atoms with Gasteiger partial charge in [-0.1, -0.05) is 27.7 Å². The highest BCUT2D eigenvalue weighted by atomic mass is 32.1. The van der Waals surface area contributed by atoms with Gasteiger partial charge in [0.15, 0.2) is 15.4 Å². The van der Waals surface area contributed by atoms with Crippen LogP contribution in [0.5, 0.6) is 0 Å². The van der Waals surface area contributed by atoms with E-state index in [1.54, 1.807) is 29.6 Å². The Hall–Kier alpha value is -2.19. The molecule has 9 N–H and O–H groups in total. The van der Waals surface area contributed by atoms with Crippen molar-refractivity contribution in [3.8, 4) is 0 Å². The number of Topliss-reactive ketones (excluding diaryl/α,β-unsaturated/α-hetero) is 1. The van der Waals surface area contributed by atoms with Crippen LogP contribution in [0.3, 0.4) is 0 Å². The lowest BCUT2D eigenvalue weighted by molar-refractivity contribution is -0.119. The van der Waals surface area contributed by atoms with Crippen LogP contribution in [0, 0.1) is 54.4 Å². The van der Waals surface area contributed by atoms with Crippen molar-refractivity contribution >= 4 is 67.4 Å². The molecule has 0 saturated carbocycles. The van der Waals surface area contributed by atoms with Gasteiger partial charge in [0, 0.05) is 20.5 Å². The average Bonchev–Trinajstić information content (AvgIpc) is 3.39. The minimum absolute atomic E-state index is 0.000000000000000222. The molecular weight excluding hydrogens is 545 g/mol. The van der Waals surface area contributed by atoms with Gasteiger partial charge in [-0.3, -0.25) is 10.2 Å². The van der Waals surface area contributed by atoms with Crippen molar-refractivity contribution in [2.45, 2.75) is 83.1 Å². The zero-order valence-electron chi connectivity index (χ0n) is 24.3. The van der Waals surface area contributed by atoms with Crippen molar-refractivity contribution < 1.29 is 4.79 Å². The van der Waals surface area contributed by atoms with Crippen LogP contribution in [-0.2, 0) is 4.79 Å². The molecule has 0 unspecified atom stereocenters. The minimum Gasteiger partial charge on any atom is -0.377 e. The SMILES string of the molecule is CC.CC(=O)C(C)C.Cc1nc(C)c(C)s1.Cc1nc(N)sc1C.Cc1nc(NN)sc1C.NC(N)=S. The number of nitrogens with zero attached hydrogens (tertiary/aromatic N) is 3. The first kappa shape index (κ1) is 39.3. The number of carbonyl (C=O) groups is 1. The Bertz CT molecular complexity index is 935. The maximum atomic E-state index is 10.1. The van der Waals surface area contributed by atoms with E-state index in [2.05, 4.69) is 51.0 Å². The quantitative estimate of drug-likeness (QED) is 0.137. The van der Waals surface area contributed by atoms with Crippen LogP contribution in [0.25, 0.3) is 0 Å². The van der Waals surface area contributed by atoms with Crippen molar-refractivity contribution in [1.82, 2.24) is 15.0 Å². The third kappa shape index (κ3) is 21.6. The van der Waals surface area contributed by atoms with E-state index in [-0.39, 0.29) is 16.8 Å². The van der Waals surface area contributed by atoms with E-state index in [1.165, 1.54) is 36.7 Å². The van der Waals surface area contributed by atoms with Gasteiger partial charge in [-0.2, -0.15) is 0 Å². The van der Waals surface area contributed by atoms with Crippen molar-refractivity contribution in [3.05, 3.63) is 36.7 Å². The minimum atomic E-state index is 0.000000000000000222. The fourth-order valence-corrected chi connectivity index (χ4v) is 3.90. The summed E-state index contributed by atoms with van der Waals surface area (Å²) in [6.45, 7) is 23.5. The van der Waals surface area contributed by atoms with Crippen LogP contribution in [-0.4, -0.2) is 25.8 Å². The van der Waals surface area contributed by atoms with Crippen LogP contribution < -0.4 is 28.5 Å². The topological polar surface area (TPSA) is 172 Å². The lowest BCUT2D eigenvalue weighted by atomic mass is 10.1. The van der Waals surface area contributed by atoms with Gasteiger partial charge in [0.2, 0.25) is 0 Å². The molecule has 3 rings (SSSR count). The van der Waals surface area contributed by atoms with Gasteiger partial charge in [-0.25, -0.2) is 20.8 Å². The molecule has 0 aromatic carbocycles. The van der Waals surface area contributed by atoms with Crippen molar-refractivity contribution in [3.63, 3.8) is 0 Å². The van der Waals surface area contributed by atoms with Gasteiger partial charge in [0.05, 0.1) is 22.1 Å². The summed E-state index contributed by atoms with van der Waals surface area (Å²) in [5.41, 5.74) is 20.4. The first-order valence-corrected chi connectivity index (χ1v) is 14.4. The molecular formula is C24H46N8OS4. The van der Waals surface area contributed by atoms with Gasteiger partial charge < -0.3 is 17.2 Å². The largest absolute Gasteiger partial charge is 0.377 e. The summed E-state index contributed by atoms with van der Waals surface area (Å²) >= 11 is 8.95. The Labute approximate surface area is 240 Å². The number of aryl methyl sites for hydroxylation is 7. The smallest absolute Gasteiger partial charge is 0.197 e. The number of nitrogens with one attached hydrogen (secondary N) is 1. The molecule has 37 heavy (non-hydrogen) atoms. The highest BCUT2D eigenvalue weighted by Gasteiger charge is 1.99. The summed E-state index contributed by atoms with van der Waals surface area (Å²) in [5.74, 6) is 5.60. The first-order chi connectivity index (χ1) is 17.0. The fourth-order valence-electron chi connectivity index (χ4n) is 1.67. The van der Waals surface area contributed by atoms with Gasteiger partial charge in [0.25, 0.3) is 0 Å². The summed E-state index contributed by atoms with van der Waals surface area (Å²) in [7, 11) is 0. The molecule has 0 bridgehead atoms. The molecule has 0 radical (unpaired) electrons. The van der Waals surface area contributed by atoms with E-state index in [0.717, 1.165) is 16.5 Å². The average molecular weight is 591 g/mol. The molecule has 3 aromatic rings. The molecule has 0 aliphatic heterocycles. The summed E-state index contributed by atoms with van der Waals surface area (Å²) in [5, 5.41) is 2.62. The molecule has 0 aliphatic carbocycles. The third-order valence-corrected chi connectivity index (χ3v) is 7.04. The number of rotatable bonds is 2. The molecule has 0 atom stereocenters. The normalized spacial score (nSPS) is 8.92. The number of carbonyl (C=O) groups excluding carboxylic acids is 1. The van der Waals surface area contributed by atoms with Crippen LogP contribution >= 0.6 is 46.2 Å². The first-order valence-electron chi connectivity index (χ1n) is 11.6. The second kappa shape index (κ2) is 21.9. The number of ketones is 1. The molecule has 0 saturated heterocycles. The van der Waals surface area contributed by atoms with E-state index in [0.29, 0.717) is 5.13 Å². The molecule has 0 spiro atoms. The third-order valence-electron chi connectivity index (χ3n) is 4.15. The number of hydrazine groups is 1. The highest BCUT2D eigenvalue weighted by molar-refractivity contribution is 7.80. The number of anilines is 2. The van der Waals surface area contributed by atoms with Crippen LogP contribution in [0.1, 0.15) is 71.3 Å². The Morgan fingerprint density at radius 1 is 0.811 bits per heavy atom. The summed E-state index contributed by atoms with van der Waals surface area (Å²) in [4.78, 5) is 26.2. The predicted molar refractivity (Wildman–Crippen MR) is 170 cm³/mol. The van der Waals surface area contributed by atoms with Gasteiger partial charge in [-0.05, 0) is 67.6 Å². The zero-order valence-corrected chi connectivity index (χ0v) is 27.5. The van der Waals surface area contributed by atoms with Crippen LogP contribution in [0.4, 0.5) is 10.3 Å². The summed E-state index contributed by atoms with van der Waals surface area (Å²) in [6.07, 6.45) is 0. The van der Waals surface area contributed by atoms with E-state index < -0.39 is 0 Å². The Kier molecular flexibility index (Phi) is 23.2. The standard InChI is InChI=1S/C6H9NS.C5H9N3S.C5H8N2S.C5H10O.C2H6.CH4N2S/c1-4-5(2)8-6(3)7-4;1-3-4(2)9-5(7-3)8-6;1-3-4(2)8-5(6)7-3;1-4(2)5(3)6;1-2;2-1(3)4/h1-3H3;6H2,1-2H3,(H,7,8);1-2H3,(H2,6,7);4H,1-3H3;1-2H3;(H4,2,3,4). The summed E-state index contributed by atoms with van der Waals surface area (Å²) in [6, 6.07) is 0. The van der Waals surface area contributed by atoms with Gasteiger partial charge in [-0.15, -0.1) is 34.0 Å². The molecule has 13 heteroatoms. The number of aromatic nitrogens is 3. The van der Waals surface area contributed by atoms with Crippen molar-refractivity contribution in [2.24, 2.45) is 23.2 Å². The molecule has 3 heterocycles. The zero-order chi connectivity index (χ0) is 29.9. The molecule has 0 fully saturated rings. The van der Waals surface area contributed by atoms with E-state index in [4.69, 9.17) is 11.6 Å². The lowest BCUT2D eigenvalue weighted by Crippen LogP contribution is -2.18. The second-order valence-corrected chi connectivity index (χ2v) is 11.9.